The van der Waals surface area contributed by atoms with Gasteiger partial charge < -0.3 is 10.1 Å². The molecule has 0 unspecified atom stereocenters. The van der Waals surface area contributed by atoms with Crippen molar-refractivity contribution in [2.24, 2.45) is 5.10 Å². The molecule has 1 N–H and O–H groups in total. The molecule has 1 saturated carbocycles. The van der Waals surface area contributed by atoms with Gasteiger partial charge in [0.05, 0.1) is 26.6 Å². The smallest absolute Gasteiger partial charge is 0.282 e. The maximum atomic E-state index is 13.5. The highest BCUT2D eigenvalue weighted by Gasteiger charge is 2.22. The average Bonchev–Trinajstić information content (AvgIpc) is 2.94. The summed E-state index contributed by atoms with van der Waals surface area (Å²) in [6, 6.07) is 16.5. The zero-order valence-electron chi connectivity index (χ0n) is 21.8. The monoisotopic (exact) mass is 684 g/mol. The third kappa shape index (κ3) is 6.48. The van der Waals surface area contributed by atoms with Crippen molar-refractivity contribution >= 4 is 72.2 Å². The number of rotatable bonds is 7. The quantitative estimate of drug-likeness (QED) is 0.201. The lowest BCUT2D eigenvalue weighted by molar-refractivity contribution is -0.118. The van der Waals surface area contributed by atoms with Crippen LogP contribution in [0.4, 0.5) is 5.69 Å². The molecule has 206 valence electrons. The first-order chi connectivity index (χ1) is 19.3. The zero-order valence-corrected chi connectivity index (χ0v) is 25.7. The fourth-order valence-electron chi connectivity index (χ4n) is 4.86. The Balaban J connectivity index is 1.39. The van der Waals surface area contributed by atoms with Crippen LogP contribution < -0.4 is 15.6 Å². The van der Waals surface area contributed by atoms with Crippen molar-refractivity contribution in [3.8, 4) is 5.75 Å². The van der Waals surface area contributed by atoms with Gasteiger partial charge in [0.15, 0.2) is 12.4 Å². The maximum absolute atomic E-state index is 13.5. The normalized spacial score (nSPS) is 14.1. The fourth-order valence-corrected chi connectivity index (χ4v) is 6.21. The number of aromatic nitrogens is 2. The summed E-state index contributed by atoms with van der Waals surface area (Å²) in [5, 5.41) is 8.23. The summed E-state index contributed by atoms with van der Waals surface area (Å²) >= 11 is 13.5. The highest BCUT2D eigenvalue weighted by molar-refractivity contribution is 9.10. The summed E-state index contributed by atoms with van der Waals surface area (Å²) in [5.41, 5.74) is 2.79. The standard InChI is InChI=1S/C30H27Br2ClN4O3/c1-18-7-5-6-10-25(18)35-27(38)17-40-28-23(32)13-19(14-24(28)33)16-34-37-29(20-8-3-2-4-9-20)36-26-12-11-21(31)15-22(26)30(37)39/h5-7,10-16,20H,2-4,8-9,17H2,1H3,(H,35,38). The molecule has 7 nitrogen and oxygen atoms in total. The number of amides is 1. The number of nitrogens with zero attached hydrogens (tertiary/aromatic N) is 3. The number of fused-ring (bicyclic) bond motifs is 1. The van der Waals surface area contributed by atoms with Gasteiger partial charge in [0.2, 0.25) is 0 Å². The molecular weight excluding hydrogens is 660 g/mol. The molecule has 1 aliphatic rings. The van der Waals surface area contributed by atoms with Gasteiger partial charge in [-0.3, -0.25) is 9.59 Å². The third-order valence-electron chi connectivity index (χ3n) is 6.91. The van der Waals surface area contributed by atoms with Gasteiger partial charge in [-0.05, 0) is 83.2 Å². The lowest BCUT2D eigenvalue weighted by Gasteiger charge is -2.22. The van der Waals surface area contributed by atoms with E-state index in [1.54, 1.807) is 24.4 Å². The molecule has 0 radical (unpaired) electrons. The summed E-state index contributed by atoms with van der Waals surface area (Å²) in [6.45, 7) is 1.71. The minimum Gasteiger partial charge on any atom is -0.481 e. The molecule has 4 aromatic rings. The largest absolute Gasteiger partial charge is 0.481 e. The Morgan fingerprint density at radius 3 is 2.67 bits per heavy atom. The zero-order chi connectivity index (χ0) is 28.2. The van der Waals surface area contributed by atoms with Gasteiger partial charge in [-0.25, -0.2) is 4.98 Å². The first-order valence-electron chi connectivity index (χ1n) is 13.0. The molecule has 0 aliphatic heterocycles. The van der Waals surface area contributed by atoms with E-state index in [1.165, 1.54) is 11.1 Å². The summed E-state index contributed by atoms with van der Waals surface area (Å²) < 4.78 is 8.52. The molecule has 10 heteroatoms. The summed E-state index contributed by atoms with van der Waals surface area (Å²) in [5.74, 6) is 0.896. The number of benzene rings is 3. The number of hydrogen-bond acceptors (Lipinski definition) is 5. The average molecular weight is 687 g/mol. The Hall–Kier alpha value is -3.01. The summed E-state index contributed by atoms with van der Waals surface area (Å²) in [4.78, 5) is 30.9. The van der Waals surface area contributed by atoms with Crippen LogP contribution in [-0.4, -0.2) is 28.4 Å². The Kier molecular flexibility index (Phi) is 9.03. The predicted molar refractivity (Wildman–Crippen MR) is 167 cm³/mol. The second-order valence-electron chi connectivity index (χ2n) is 9.79. The van der Waals surface area contributed by atoms with Crippen LogP contribution in [0.3, 0.4) is 0 Å². The number of carbonyl (C=O) groups excluding carboxylic acids is 1. The molecule has 5 rings (SSSR count). The van der Waals surface area contributed by atoms with E-state index in [2.05, 4.69) is 42.3 Å². The van der Waals surface area contributed by atoms with Crippen LogP contribution in [-0.2, 0) is 4.79 Å². The lowest BCUT2D eigenvalue weighted by atomic mass is 9.88. The Labute approximate surface area is 253 Å². The molecule has 1 amide bonds. The highest BCUT2D eigenvalue weighted by Crippen LogP contribution is 2.35. The van der Waals surface area contributed by atoms with Gasteiger partial charge >= 0.3 is 0 Å². The number of hydrogen-bond donors (Lipinski definition) is 1. The van der Waals surface area contributed by atoms with Crippen LogP contribution in [0.1, 0.15) is 55.0 Å². The van der Waals surface area contributed by atoms with Gasteiger partial charge in [0, 0.05) is 16.1 Å². The van der Waals surface area contributed by atoms with Crippen LogP contribution in [0.5, 0.6) is 5.75 Å². The molecule has 3 aromatic carbocycles. The number of aryl methyl sites for hydroxylation is 1. The molecule has 1 fully saturated rings. The topological polar surface area (TPSA) is 85.6 Å². The first-order valence-corrected chi connectivity index (χ1v) is 15.0. The molecule has 1 aromatic heterocycles. The van der Waals surface area contributed by atoms with E-state index >= 15 is 0 Å². The molecule has 1 aliphatic carbocycles. The van der Waals surface area contributed by atoms with Crippen molar-refractivity contribution in [3.63, 3.8) is 0 Å². The number of halogens is 3. The van der Waals surface area contributed by atoms with Gasteiger partial charge in [0.25, 0.3) is 11.5 Å². The first kappa shape index (κ1) is 28.5. The Morgan fingerprint density at radius 2 is 1.93 bits per heavy atom. The minimum absolute atomic E-state index is 0.170. The highest BCUT2D eigenvalue weighted by atomic mass is 79.9. The van der Waals surface area contributed by atoms with Gasteiger partial charge in [-0.1, -0.05) is 65.0 Å². The number of nitrogens with one attached hydrogen (secondary N) is 1. The number of ether oxygens (including phenoxy) is 1. The molecular formula is C30H27Br2ClN4O3. The molecule has 0 saturated heterocycles. The SMILES string of the molecule is Cc1ccccc1NC(=O)COc1c(Cl)cc(C=Nn2c(C3CCCCC3)nc3ccc(Br)cc3c2=O)cc1Br. The van der Waals surface area contributed by atoms with Crippen LogP contribution in [0.15, 0.2) is 73.4 Å². The van der Waals surface area contributed by atoms with E-state index in [4.69, 9.17) is 21.3 Å². The van der Waals surface area contributed by atoms with Crippen LogP contribution in [0, 0.1) is 6.92 Å². The van der Waals surface area contributed by atoms with Crippen molar-refractivity contribution in [1.82, 2.24) is 9.66 Å². The molecule has 0 bridgehead atoms. The third-order valence-corrected chi connectivity index (χ3v) is 8.28. The van der Waals surface area contributed by atoms with Crippen molar-refractivity contribution in [1.29, 1.82) is 0 Å². The molecule has 1 heterocycles. The van der Waals surface area contributed by atoms with Crippen molar-refractivity contribution < 1.29 is 9.53 Å². The molecule has 40 heavy (non-hydrogen) atoms. The number of carbonyl (C=O) groups is 1. The second-order valence-corrected chi connectivity index (χ2v) is 12.0. The van der Waals surface area contributed by atoms with E-state index in [9.17, 15) is 9.59 Å². The van der Waals surface area contributed by atoms with Crippen LogP contribution in [0.2, 0.25) is 5.02 Å². The van der Waals surface area contributed by atoms with Gasteiger partial charge in [-0.2, -0.15) is 9.78 Å². The van der Waals surface area contributed by atoms with Crippen LogP contribution in [0.25, 0.3) is 10.9 Å². The fraction of sp³-hybridized carbons (Fsp3) is 0.267. The minimum atomic E-state index is -0.298. The van der Waals surface area contributed by atoms with E-state index < -0.39 is 0 Å². The second kappa shape index (κ2) is 12.7. The molecule has 0 spiro atoms. The summed E-state index contributed by atoms with van der Waals surface area (Å²) in [6.07, 6.45) is 6.95. The molecule has 0 atom stereocenters. The predicted octanol–water partition coefficient (Wildman–Crippen LogP) is 7.83. The number of para-hydroxylation sites is 1. The van der Waals surface area contributed by atoms with Crippen molar-refractivity contribution in [2.75, 3.05) is 11.9 Å². The maximum Gasteiger partial charge on any atom is 0.282 e. The van der Waals surface area contributed by atoms with Crippen LogP contribution >= 0.6 is 43.5 Å². The number of anilines is 1. The van der Waals surface area contributed by atoms with E-state index in [0.717, 1.165) is 41.4 Å². The Morgan fingerprint density at radius 1 is 1.15 bits per heavy atom. The van der Waals surface area contributed by atoms with Gasteiger partial charge in [-0.15, -0.1) is 0 Å². The van der Waals surface area contributed by atoms with E-state index in [-0.39, 0.29) is 24.0 Å². The summed E-state index contributed by atoms with van der Waals surface area (Å²) in [7, 11) is 0. The van der Waals surface area contributed by atoms with Crippen molar-refractivity contribution in [3.05, 3.63) is 95.9 Å². The van der Waals surface area contributed by atoms with Crippen molar-refractivity contribution in [2.45, 2.75) is 44.9 Å². The van der Waals surface area contributed by atoms with E-state index in [0.29, 0.717) is 37.5 Å². The van der Waals surface area contributed by atoms with Gasteiger partial charge in [0.1, 0.15) is 5.82 Å². The Bertz CT molecular complexity index is 1640. The lowest BCUT2D eigenvalue weighted by Crippen LogP contribution is -2.25. The van der Waals surface area contributed by atoms with E-state index in [1.807, 2.05) is 43.3 Å².